The molecule has 0 fully saturated rings. The molecule has 0 rings (SSSR count). The molecule has 0 aromatic heterocycles. The van der Waals surface area contributed by atoms with Crippen LogP contribution in [0.25, 0.3) is 10.4 Å². The van der Waals surface area contributed by atoms with Crippen molar-refractivity contribution in [3.05, 3.63) is 22.6 Å². The maximum atomic E-state index is 11.3. The van der Waals surface area contributed by atoms with Gasteiger partial charge in [0.05, 0.1) is 18.8 Å². The fourth-order valence-electron chi connectivity index (χ4n) is 1.68. The first-order valence-corrected chi connectivity index (χ1v) is 11.2. The Bertz CT molecular complexity index is 468. The van der Waals surface area contributed by atoms with Gasteiger partial charge < -0.3 is 14.3 Å². The standard InChI is InChI=1S/C16H31N3O4Si/c1-7-22-15(21)11-10-13(18-19-17)14(20)9-8-12-23-24(5,6)16(2,3)4/h10-11,13-14,20H,7-9,12H2,1-6H3/b11-10+/t13-,14-/m1/s1. The second kappa shape index (κ2) is 10.5. The van der Waals surface area contributed by atoms with Crippen molar-refractivity contribution >= 4 is 14.3 Å². The molecule has 2 atom stereocenters. The minimum atomic E-state index is -1.80. The summed E-state index contributed by atoms with van der Waals surface area (Å²) in [5.74, 6) is -0.524. The van der Waals surface area contributed by atoms with Crippen molar-refractivity contribution in [1.82, 2.24) is 0 Å². The largest absolute Gasteiger partial charge is 0.463 e. The molecule has 24 heavy (non-hydrogen) atoms. The maximum absolute atomic E-state index is 11.3. The lowest BCUT2D eigenvalue weighted by Crippen LogP contribution is -2.41. The molecule has 0 radical (unpaired) electrons. The van der Waals surface area contributed by atoms with Crippen LogP contribution in [0, 0.1) is 0 Å². The van der Waals surface area contributed by atoms with E-state index in [-0.39, 0.29) is 11.6 Å². The van der Waals surface area contributed by atoms with Crippen molar-refractivity contribution in [2.45, 2.75) is 70.8 Å². The van der Waals surface area contributed by atoms with Gasteiger partial charge in [0.1, 0.15) is 0 Å². The molecule has 0 aliphatic carbocycles. The highest BCUT2D eigenvalue weighted by atomic mass is 28.4. The van der Waals surface area contributed by atoms with Gasteiger partial charge >= 0.3 is 5.97 Å². The lowest BCUT2D eigenvalue weighted by molar-refractivity contribution is -0.137. The zero-order valence-electron chi connectivity index (χ0n) is 15.7. The summed E-state index contributed by atoms with van der Waals surface area (Å²) < 4.78 is 10.8. The van der Waals surface area contributed by atoms with Gasteiger partial charge in [-0.15, -0.1) is 0 Å². The van der Waals surface area contributed by atoms with Gasteiger partial charge in [0.2, 0.25) is 0 Å². The van der Waals surface area contributed by atoms with Crippen LogP contribution in [0.2, 0.25) is 18.1 Å². The summed E-state index contributed by atoms with van der Waals surface area (Å²) in [6, 6.07) is -0.799. The monoisotopic (exact) mass is 357 g/mol. The molecule has 0 heterocycles. The Hall–Kier alpha value is -1.34. The molecule has 0 aromatic carbocycles. The van der Waals surface area contributed by atoms with Crippen LogP contribution in [0.1, 0.15) is 40.5 Å². The van der Waals surface area contributed by atoms with Gasteiger partial charge in [-0.25, -0.2) is 4.79 Å². The molecular weight excluding hydrogens is 326 g/mol. The number of hydrogen-bond donors (Lipinski definition) is 1. The van der Waals surface area contributed by atoms with E-state index in [1.54, 1.807) is 6.92 Å². The Morgan fingerprint density at radius 1 is 1.42 bits per heavy atom. The number of carbonyl (C=O) groups excluding carboxylic acids is 1. The van der Waals surface area contributed by atoms with E-state index in [1.165, 1.54) is 12.2 Å². The number of esters is 1. The Morgan fingerprint density at radius 2 is 2.04 bits per heavy atom. The van der Waals surface area contributed by atoms with Gasteiger partial charge in [-0.05, 0) is 43.4 Å². The first-order chi connectivity index (χ1) is 11.0. The number of carbonyl (C=O) groups is 1. The molecule has 0 aliphatic rings. The zero-order chi connectivity index (χ0) is 18.8. The summed E-state index contributed by atoms with van der Waals surface area (Å²) in [5.41, 5.74) is 8.60. The molecule has 1 N–H and O–H groups in total. The minimum absolute atomic E-state index is 0.141. The number of azide groups is 1. The van der Waals surface area contributed by atoms with Crippen LogP contribution in [-0.2, 0) is 14.0 Å². The number of aliphatic hydroxyl groups excluding tert-OH is 1. The van der Waals surface area contributed by atoms with Crippen molar-refractivity contribution in [3.63, 3.8) is 0 Å². The van der Waals surface area contributed by atoms with Crippen LogP contribution >= 0.6 is 0 Å². The van der Waals surface area contributed by atoms with Gasteiger partial charge in [-0.1, -0.05) is 32.0 Å². The van der Waals surface area contributed by atoms with Crippen molar-refractivity contribution in [3.8, 4) is 0 Å². The lowest BCUT2D eigenvalue weighted by atomic mass is 10.1. The van der Waals surface area contributed by atoms with E-state index in [1.807, 2.05) is 0 Å². The Kier molecular flexibility index (Phi) is 9.92. The van der Waals surface area contributed by atoms with Gasteiger partial charge in [0.25, 0.3) is 0 Å². The van der Waals surface area contributed by atoms with Crippen LogP contribution in [0.4, 0.5) is 0 Å². The van der Waals surface area contributed by atoms with E-state index in [0.29, 0.717) is 19.4 Å². The highest BCUT2D eigenvalue weighted by Crippen LogP contribution is 2.36. The third kappa shape index (κ3) is 8.49. The molecule has 0 bridgehead atoms. The Labute approximate surface area is 145 Å². The predicted molar refractivity (Wildman–Crippen MR) is 97.1 cm³/mol. The molecular formula is C16H31N3O4Si. The number of ether oxygens (including phenoxy) is 1. The highest BCUT2D eigenvalue weighted by Gasteiger charge is 2.36. The molecule has 0 unspecified atom stereocenters. The summed E-state index contributed by atoms with van der Waals surface area (Å²) >= 11 is 0. The number of nitrogens with zero attached hydrogens (tertiary/aromatic N) is 3. The van der Waals surface area contributed by atoms with Gasteiger partial charge in [-0.3, -0.25) is 0 Å². The predicted octanol–water partition coefficient (Wildman–Crippen LogP) is 3.95. The summed E-state index contributed by atoms with van der Waals surface area (Å²) in [6.45, 7) is 13.4. The van der Waals surface area contributed by atoms with Crippen molar-refractivity contribution in [1.29, 1.82) is 0 Å². The van der Waals surface area contributed by atoms with Gasteiger partial charge in [-0.2, -0.15) is 0 Å². The Morgan fingerprint density at radius 3 is 2.54 bits per heavy atom. The van der Waals surface area contributed by atoms with Crippen LogP contribution in [0.5, 0.6) is 0 Å². The van der Waals surface area contributed by atoms with E-state index in [9.17, 15) is 9.90 Å². The summed E-state index contributed by atoms with van der Waals surface area (Å²) in [5, 5.41) is 13.8. The zero-order valence-corrected chi connectivity index (χ0v) is 16.7. The first kappa shape index (κ1) is 22.7. The molecule has 138 valence electrons. The van der Waals surface area contributed by atoms with Crippen LogP contribution in [0.15, 0.2) is 17.3 Å². The number of hydrogen-bond acceptors (Lipinski definition) is 5. The van der Waals surface area contributed by atoms with E-state index >= 15 is 0 Å². The third-order valence-electron chi connectivity index (χ3n) is 4.21. The van der Waals surface area contributed by atoms with Crippen molar-refractivity contribution < 1.29 is 19.1 Å². The lowest BCUT2D eigenvalue weighted by Gasteiger charge is -2.36. The fourth-order valence-corrected chi connectivity index (χ4v) is 2.77. The van der Waals surface area contributed by atoms with E-state index in [2.05, 4.69) is 43.9 Å². The summed E-state index contributed by atoms with van der Waals surface area (Å²) in [4.78, 5) is 14.0. The minimum Gasteiger partial charge on any atom is -0.463 e. The first-order valence-electron chi connectivity index (χ1n) is 8.26. The summed E-state index contributed by atoms with van der Waals surface area (Å²) in [6.07, 6.45) is 2.76. The van der Waals surface area contributed by atoms with Crippen LogP contribution < -0.4 is 0 Å². The van der Waals surface area contributed by atoms with Crippen LogP contribution in [0.3, 0.4) is 0 Å². The second-order valence-electron chi connectivity index (χ2n) is 7.13. The topological polar surface area (TPSA) is 105 Å². The number of rotatable bonds is 10. The molecule has 0 saturated heterocycles. The average molecular weight is 358 g/mol. The molecule has 0 aromatic rings. The van der Waals surface area contributed by atoms with Gasteiger partial charge in [0, 0.05) is 17.6 Å². The van der Waals surface area contributed by atoms with Crippen molar-refractivity contribution in [2.24, 2.45) is 5.11 Å². The molecule has 7 nitrogen and oxygen atoms in total. The molecule has 0 aliphatic heterocycles. The second-order valence-corrected chi connectivity index (χ2v) is 11.9. The van der Waals surface area contributed by atoms with Crippen LogP contribution in [-0.4, -0.2) is 44.8 Å². The van der Waals surface area contributed by atoms with E-state index < -0.39 is 26.4 Å². The molecule has 0 amide bonds. The summed E-state index contributed by atoms with van der Waals surface area (Å²) in [7, 11) is -1.80. The van der Waals surface area contributed by atoms with E-state index in [0.717, 1.165) is 0 Å². The fraction of sp³-hybridized carbons (Fsp3) is 0.812. The van der Waals surface area contributed by atoms with Gasteiger partial charge in [0.15, 0.2) is 8.32 Å². The Balaban J connectivity index is 4.47. The molecule has 0 spiro atoms. The third-order valence-corrected chi connectivity index (χ3v) is 8.75. The maximum Gasteiger partial charge on any atom is 0.330 e. The molecule has 8 heteroatoms. The quantitative estimate of drug-likeness (QED) is 0.121. The smallest absolute Gasteiger partial charge is 0.330 e. The average Bonchev–Trinajstić information content (AvgIpc) is 2.46. The SMILES string of the molecule is CCOC(=O)/C=C/[C@@H](N=[N+]=[N-])[C@H](O)CCCO[Si](C)(C)C(C)(C)C. The van der Waals surface area contributed by atoms with Crippen molar-refractivity contribution in [2.75, 3.05) is 13.2 Å². The highest BCUT2D eigenvalue weighted by molar-refractivity contribution is 6.74. The normalized spacial score (nSPS) is 15.0. The molecule has 0 saturated carbocycles. The number of aliphatic hydroxyl groups is 1. The van der Waals surface area contributed by atoms with E-state index in [4.69, 9.17) is 14.7 Å².